The van der Waals surface area contributed by atoms with Gasteiger partial charge in [-0.3, -0.25) is 9.78 Å². The predicted molar refractivity (Wildman–Crippen MR) is 91.9 cm³/mol. The van der Waals surface area contributed by atoms with Gasteiger partial charge in [-0.05, 0) is 42.7 Å². The SMILES string of the molecule is N#Cc1ccc(C2(C(=O)N3CCC(Oc4cccnc4)C3)CC2)cc1. The van der Waals surface area contributed by atoms with E-state index in [1.807, 2.05) is 29.2 Å². The minimum absolute atomic E-state index is 0.0184. The first-order chi connectivity index (χ1) is 12.2. The highest BCUT2D eigenvalue weighted by atomic mass is 16.5. The van der Waals surface area contributed by atoms with Crippen LogP contribution >= 0.6 is 0 Å². The number of nitrogens with zero attached hydrogens (tertiary/aromatic N) is 3. The van der Waals surface area contributed by atoms with E-state index in [9.17, 15) is 4.79 Å². The highest BCUT2D eigenvalue weighted by molar-refractivity contribution is 5.91. The second kappa shape index (κ2) is 6.21. The molecule has 25 heavy (non-hydrogen) atoms. The number of amides is 1. The number of carbonyl (C=O) groups is 1. The average molecular weight is 333 g/mol. The maximum atomic E-state index is 13.1. The van der Waals surface area contributed by atoms with E-state index in [2.05, 4.69) is 11.1 Å². The molecular weight excluding hydrogens is 314 g/mol. The van der Waals surface area contributed by atoms with Gasteiger partial charge in [-0.15, -0.1) is 0 Å². The van der Waals surface area contributed by atoms with Crippen LogP contribution in [0.25, 0.3) is 0 Å². The van der Waals surface area contributed by atoms with Gasteiger partial charge in [0.2, 0.25) is 5.91 Å². The van der Waals surface area contributed by atoms with E-state index >= 15 is 0 Å². The van der Waals surface area contributed by atoms with Crippen LogP contribution in [-0.4, -0.2) is 35.0 Å². The summed E-state index contributed by atoms with van der Waals surface area (Å²) in [7, 11) is 0. The molecule has 1 aromatic carbocycles. The van der Waals surface area contributed by atoms with Crippen LogP contribution in [-0.2, 0) is 10.2 Å². The monoisotopic (exact) mass is 333 g/mol. The quantitative estimate of drug-likeness (QED) is 0.863. The summed E-state index contributed by atoms with van der Waals surface area (Å²) in [6, 6.07) is 13.3. The number of hydrogen-bond acceptors (Lipinski definition) is 4. The van der Waals surface area contributed by atoms with E-state index in [0.29, 0.717) is 12.1 Å². The number of likely N-dealkylation sites (tertiary alicyclic amines) is 1. The number of rotatable bonds is 4. The van der Waals surface area contributed by atoms with Crippen LogP contribution in [0.15, 0.2) is 48.8 Å². The van der Waals surface area contributed by atoms with Crippen LogP contribution in [0.3, 0.4) is 0 Å². The van der Waals surface area contributed by atoms with Gasteiger partial charge in [-0.25, -0.2) is 0 Å². The van der Waals surface area contributed by atoms with E-state index in [-0.39, 0.29) is 12.0 Å². The Hall–Kier alpha value is -2.87. The Bertz CT molecular complexity index is 807. The van der Waals surface area contributed by atoms with E-state index in [4.69, 9.17) is 10.00 Å². The third-order valence-electron chi connectivity index (χ3n) is 5.10. The zero-order valence-corrected chi connectivity index (χ0v) is 13.9. The summed E-state index contributed by atoms with van der Waals surface area (Å²) < 4.78 is 5.93. The standard InChI is InChI=1S/C20H19N3O2/c21-12-15-3-5-16(6-4-15)20(8-9-20)19(24)23-11-7-18(14-23)25-17-2-1-10-22-13-17/h1-6,10,13,18H,7-9,11,14H2. The number of hydrogen-bond donors (Lipinski definition) is 0. The zero-order valence-electron chi connectivity index (χ0n) is 13.9. The summed E-state index contributed by atoms with van der Waals surface area (Å²) in [6.45, 7) is 1.34. The number of pyridine rings is 1. The molecule has 5 heteroatoms. The number of carbonyl (C=O) groups excluding carboxylic acids is 1. The van der Waals surface area contributed by atoms with Gasteiger partial charge in [0, 0.05) is 19.2 Å². The summed E-state index contributed by atoms with van der Waals surface area (Å²) in [4.78, 5) is 19.1. The molecule has 1 amide bonds. The summed E-state index contributed by atoms with van der Waals surface area (Å²) in [5, 5.41) is 8.94. The molecule has 0 radical (unpaired) electrons. The van der Waals surface area contributed by atoms with Crippen molar-refractivity contribution in [2.75, 3.05) is 13.1 Å². The lowest BCUT2D eigenvalue weighted by Gasteiger charge is -2.23. The fraction of sp³-hybridized carbons (Fsp3) is 0.350. The number of nitriles is 1. The van der Waals surface area contributed by atoms with E-state index in [1.165, 1.54) is 0 Å². The first kappa shape index (κ1) is 15.6. The van der Waals surface area contributed by atoms with Crippen molar-refractivity contribution in [3.05, 3.63) is 59.9 Å². The molecule has 126 valence electrons. The fourth-order valence-electron chi connectivity index (χ4n) is 3.54. The zero-order chi connectivity index (χ0) is 17.3. The lowest BCUT2D eigenvalue weighted by Crippen LogP contribution is -2.38. The Labute approximate surface area is 146 Å². The molecule has 2 fully saturated rings. The summed E-state index contributed by atoms with van der Waals surface area (Å²) in [5.74, 6) is 0.935. The van der Waals surface area contributed by atoms with Gasteiger partial charge >= 0.3 is 0 Å². The third-order valence-corrected chi connectivity index (χ3v) is 5.10. The fourth-order valence-corrected chi connectivity index (χ4v) is 3.54. The van der Waals surface area contributed by atoms with Crippen molar-refractivity contribution in [2.45, 2.75) is 30.8 Å². The normalized spacial score (nSPS) is 20.8. The van der Waals surface area contributed by atoms with Gasteiger partial charge < -0.3 is 9.64 Å². The first-order valence-corrected chi connectivity index (χ1v) is 8.58. The smallest absolute Gasteiger partial charge is 0.233 e. The number of benzene rings is 1. The molecule has 0 N–H and O–H groups in total. The maximum Gasteiger partial charge on any atom is 0.233 e. The Kier molecular flexibility index (Phi) is 3.89. The minimum Gasteiger partial charge on any atom is -0.487 e. The van der Waals surface area contributed by atoms with Gasteiger partial charge in [-0.2, -0.15) is 5.26 Å². The largest absolute Gasteiger partial charge is 0.487 e. The van der Waals surface area contributed by atoms with E-state index in [0.717, 1.165) is 37.1 Å². The average Bonchev–Trinajstić information content (AvgIpc) is 3.35. The van der Waals surface area contributed by atoms with E-state index < -0.39 is 5.41 Å². The summed E-state index contributed by atoms with van der Waals surface area (Å²) in [5.41, 5.74) is 1.25. The molecule has 2 heterocycles. The van der Waals surface area contributed by atoms with Crippen LogP contribution in [0.4, 0.5) is 0 Å². The Morgan fingerprint density at radius 1 is 1.28 bits per heavy atom. The van der Waals surface area contributed by atoms with Crippen molar-refractivity contribution in [1.82, 2.24) is 9.88 Å². The number of ether oxygens (including phenoxy) is 1. The van der Waals surface area contributed by atoms with Crippen molar-refractivity contribution in [2.24, 2.45) is 0 Å². The number of aromatic nitrogens is 1. The van der Waals surface area contributed by atoms with Crippen LogP contribution in [0.1, 0.15) is 30.4 Å². The molecule has 2 aromatic rings. The highest BCUT2D eigenvalue weighted by Gasteiger charge is 2.53. The molecule has 1 saturated heterocycles. The van der Waals surface area contributed by atoms with Crippen molar-refractivity contribution >= 4 is 5.91 Å². The van der Waals surface area contributed by atoms with Crippen LogP contribution in [0, 0.1) is 11.3 Å². The van der Waals surface area contributed by atoms with Crippen LogP contribution < -0.4 is 4.74 Å². The van der Waals surface area contributed by atoms with Crippen molar-refractivity contribution in [3.8, 4) is 11.8 Å². The molecule has 0 spiro atoms. The van der Waals surface area contributed by atoms with Crippen molar-refractivity contribution < 1.29 is 9.53 Å². The molecule has 1 unspecified atom stereocenters. The molecule has 1 aromatic heterocycles. The maximum absolute atomic E-state index is 13.1. The minimum atomic E-state index is -0.392. The molecular formula is C20H19N3O2. The molecule has 0 bridgehead atoms. The predicted octanol–water partition coefficient (Wildman–Crippen LogP) is 2.66. The second-order valence-corrected chi connectivity index (χ2v) is 6.74. The molecule has 5 nitrogen and oxygen atoms in total. The lowest BCUT2D eigenvalue weighted by atomic mass is 9.93. The van der Waals surface area contributed by atoms with Crippen LogP contribution in [0.2, 0.25) is 0 Å². The molecule has 1 aliphatic carbocycles. The summed E-state index contributed by atoms with van der Waals surface area (Å²) >= 11 is 0. The van der Waals surface area contributed by atoms with E-state index in [1.54, 1.807) is 24.5 Å². The molecule has 4 rings (SSSR count). The molecule has 1 atom stereocenters. The van der Waals surface area contributed by atoms with Gasteiger partial charge in [0.15, 0.2) is 0 Å². The van der Waals surface area contributed by atoms with Crippen molar-refractivity contribution in [3.63, 3.8) is 0 Å². The first-order valence-electron chi connectivity index (χ1n) is 8.58. The van der Waals surface area contributed by atoms with Crippen LogP contribution in [0.5, 0.6) is 5.75 Å². The van der Waals surface area contributed by atoms with Gasteiger partial charge in [0.05, 0.1) is 29.8 Å². The van der Waals surface area contributed by atoms with Gasteiger partial charge in [0.25, 0.3) is 0 Å². The van der Waals surface area contributed by atoms with Gasteiger partial charge in [-0.1, -0.05) is 12.1 Å². The summed E-state index contributed by atoms with van der Waals surface area (Å²) in [6.07, 6.45) is 6.02. The lowest BCUT2D eigenvalue weighted by molar-refractivity contribution is -0.133. The molecule has 1 saturated carbocycles. The highest BCUT2D eigenvalue weighted by Crippen LogP contribution is 2.50. The molecule has 2 aliphatic rings. The van der Waals surface area contributed by atoms with Gasteiger partial charge in [0.1, 0.15) is 11.9 Å². The topological polar surface area (TPSA) is 66.2 Å². The Morgan fingerprint density at radius 3 is 2.72 bits per heavy atom. The Balaban J connectivity index is 1.43. The van der Waals surface area contributed by atoms with Crippen molar-refractivity contribution in [1.29, 1.82) is 5.26 Å². The third kappa shape index (κ3) is 2.96. The Morgan fingerprint density at radius 2 is 2.08 bits per heavy atom. The molecule has 1 aliphatic heterocycles. The second-order valence-electron chi connectivity index (χ2n) is 6.74.